The van der Waals surface area contributed by atoms with Crippen molar-refractivity contribution in [1.29, 1.82) is 0 Å². The summed E-state index contributed by atoms with van der Waals surface area (Å²) in [4.78, 5) is 21.3. The number of hydrogen-bond acceptors (Lipinski definition) is 5. The number of piperazine rings is 1. The number of aromatic nitrogens is 3. The minimum absolute atomic E-state index is 0.00867. The van der Waals surface area contributed by atoms with Crippen molar-refractivity contribution in [2.24, 2.45) is 0 Å². The van der Waals surface area contributed by atoms with E-state index in [1.165, 1.54) is 13.3 Å². The summed E-state index contributed by atoms with van der Waals surface area (Å²) in [5, 5.41) is 3.75. The van der Waals surface area contributed by atoms with Crippen LogP contribution in [0.15, 0.2) is 42.6 Å². The van der Waals surface area contributed by atoms with E-state index in [-0.39, 0.29) is 52.7 Å². The minimum atomic E-state index is -1.24. The fourth-order valence-electron chi connectivity index (χ4n) is 4.63. The monoisotopic (exact) mass is 547 g/mol. The molecule has 198 valence electrons. The van der Waals surface area contributed by atoms with Crippen LogP contribution in [-0.2, 0) is 6.54 Å². The van der Waals surface area contributed by atoms with Crippen LogP contribution < -0.4 is 4.74 Å². The minimum Gasteiger partial charge on any atom is -0.497 e. The lowest BCUT2D eigenvalue weighted by Gasteiger charge is -2.39. The lowest BCUT2D eigenvalue weighted by atomic mass is 10.1. The van der Waals surface area contributed by atoms with Crippen molar-refractivity contribution in [2.75, 3.05) is 26.7 Å². The molecule has 0 N–H and O–H groups in total. The normalized spacial score (nSPS) is 16.3. The van der Waals surface area contributed by atoms with Gasteiger partial charge in [-0.2, -0.15) is 9.61 Å². The first-order chi connectivity index (χ1) is 18.2. The second kappa shape index (κ2) is 10.2. The van der Waals surface area contributed by atoms with E-state index in [0.29, 0.717) is 30.5 Å². The highest BCUT2D eigenvalue weighted by Gasteiger charge is 2.31. The molecule has 0 unspecified atom stereocenters. The molecule has 2 aromatic heterocycles. The first kappa shape index (κ1) is 25.9. The molecule has 0 bridgehead atoms. The van der Waals surface area contributed by atoms with E-state index in [0.717, 1.165) is 10.6 Å². The van der Waals surface area contributed by atoms with Gasteiger partial charge in [-0.25, -0.2) is 22.5 Å². The molecule has 3 heterocycles. The number of rotatable bonds is 5. The SMILES string of the molecule is COc1ccc(-c2nc3c(C(=O)N4CCN(Cc5cc(F)cc(F)c5F)C[C@H]4C)cnn3c(Cl)c2F)cc1. The molecule has 1 atom stereocenters. The maximum Gasteiger partial charge on any atom is 0.259 e. The van der Waals surface area contributed by atoms with Crippen LogP contribution in [0.25, 0.3) is 16.9 Å². The topological polar surface area (TPSA) is 63.0 Å². The average Bonchev–Trinajstić information content (AvgIpc) is 3.33. The van der Waals surface area contributed by atoms with E-state index in [9.17, 15) is 18.0 Å². The maximum absolute atomic E-state index is 15.1. The van der Waals surface area contributed by atoms with Gasteiger partial charge < -0.3 is 9.64 Å². The van der Waals surface area contributed by atoms with Gasteiger partial charge in [0.05, 0.1) is 13.3 Å². The Bertz CT molecular complexity index is 1530. The van der Waals surface area contributed by atoms with E-state index in [4.69, 9.17) is 16.3 Å². The number of methoxy groups -OCH3 is 1. The van der Waals surface area contributed by atoms with Crippen LogP contribution >= 0.6 is 11.6 Å². The predicted molar refractivity (Wildman–Crippen MR) is 132 cm³/mol. The standard InChI is InChI=1S/C26H22ClF4N5O2/c1-14-12-34(13-16-9-17(28)10-20(29)21(16)30)7-8-35(14)26(37)19-11-32-36-24(27)22(31)23(33-25(19)36)15-3-5-18(38-2)6-4-15/h3-6,9-11,14H,7-8,12-13H2,1-2H3/t14-/m1/s1. The number of fused-ring (bicyclic) bond motifs is 1. The van der Waals surface area contributed by atoms with Gasteiger partial charge in [0.15, 0.2) is 28.3 Å². The fraction of sp³-hybridized carbons (Fsp3) is 0.269. The highest BCUT2D eigenvalue weighted by atomic mass is 35.5. The van der Waals surface area contributed by atoms with Crippen LogP contribution in [0.4, 0.5) is 17.6 Å². The van der Waals surface area contributed by atoms with E-state index in [1.807, 2.05) is 4.90 Å². The Labute approximate surface area is 220 Å². The Morgan fingerprint density at radius 3 is 2.53 bits per heavy atom. The first-order valence-electron chi connectivity index (χ1n) is 11.7. The Kier molecular flexibility index (Phi) is 6.97. The van der Waals surface area contributed by atoms with Gasteiger partial charge in [-0.15, -0.1) is 0 Å². The van der Waals surface area contributed by atoms with Gasteiger partial charge in [-0.05, 0) is 37.3 Å². The number of nitrogens with zero attached hydrogens (tertiary/aromatic N) is 5. The van der Waals surface area contributed by atoms with Gasteiger partial charge in [0, 0.05) is 49.4 Å². The molecule has 1 aliphatic heterocycles. The Balaban J connectivity index is 1.39. The lowest BCUT2D eigenvalue weighted by Crippen LogP contribution is -2.53. The molecule has 12 heteroatoms. The van der Waals surface area contributed by atoms with E-state index in [1.54, 1.807) is 36.1 Å². The average molecular weight is 548 g/mol. The van der Waals surface area contributed by atoms with Crippen LogP contribution in [0.5, 0.6) is 5.75 Å². The largest absolute Gasteiger partial charge is 0.497 e. The van der Waals surface area contributed by atoms with Crippen LogP contribution in [-0.4, -0.2) is 63.1 Å². The van der Waals surface area contributed by atoms with E-state index >= 15 is 4.39 Å². The van der Waals surface area contributed by atoms with Gasteiger partial charge in [0.2, 0.25) is 0 Å². The number of ether oxygens (including phenoxy) is 1. The Hall–Kier alpha value is -3.70. The summed E-state index contributed by atoms with van der Waals surface area (Å²) < 4.78 is 62.6. The number of hydrogen-bond donors (Lipinski definition) is 0. The number of benzene rings is 2. The molecule has 38 heavy (non-hydrogen) atoms. The molecule has 0 aliphatic carbocycles. The first-order valence-corrected chi connectivity index (χ1v) is 12.1. The predicted octanol–water partition coefficient (Wildman–Crippen LogP) is 4.96. The third kappa shape index (κ3) is 4.67. The van der Waals surface area contributed by atoms with Crippen molar-refractivity contribution in [3.63, 3.8) is 0 Å². The Morgan fingerprint density at radius 2 is 1.84 bits per heavy atom. The van der Waals surface area contributed by atoms with Crippen molar-refractivity contribution in [1.82, 2.24) is 24.4 Å². The molecule has 1 aliphatic rings. The summed E-state index contributed by atoms with van der Waals surface area (Å²) in [6.45, 7) is 2.73. The molecular formula is C26H22ClF4N5O2. The van der Waals surface area contributed by atoms with E-state index < -0.39 is 23.3 Å². The summed E-state index contributed by atoms with van der Waals surface area (Å²) in [6.07, 6.45) is 1.29. The third-order valence-corrected chi connectivity index (χ3v) is 6.89. The van der Waals surface area contributed by atoms with Crippen molar-refractivity contribution in [2.45, 2.75) is 19.5 Å². The second-order valence-electron chi connectivity index (χ2n) is 9.03. The molecule has 1 saturated heterocycles. The van der Waals surface area contributed by atoms with Gasteiger partial charge in [0.25, 0.3) is 5.91 Å². The fourth-order valence-corrected chi connectivity index (χ4v) is 4.84. The molecule has 7 nitrogen and oxygen atoms in total. The molecule has 0 spiro atoms. The lowest BCUT2D eigenvalue weighted by molar-refractivity contribution is 0.0474. The van der Waals surface area contributed by atoms with Crippen molar-refractivity contribution >= 4 is 23.2 Å². The smallest absolute Gasteiger partial charge is 0.259 e. The van der Waals surface area contributed by atoms with Crippen LogP contribution in [0.2, 0.25) is 5.15 Å². The summed E-state index contributed by atoms with van der Waals surface area (Å²) in [5.74, 6) is -3.77. The molecule has 2 aromatic carbocycles. The summed E-state index contributed by atoms with van der Waals surface area (Å²) >= 11 is 6.25. The van der Waals surface area contributed by atoms with Crippen LogP contribution in [0.3, 0.4) is 0 Å². The molecular weight excluding hydrogens is 526 g/mol. The maximum atomic E-state index is 15.1. The summed E-state index contributed by atoms with van der Waals surface area (Å²) in [7, 11) is 1.52. The molecule has 0 saturated carbocycles. The van der Waals surface area contributed by atoms with Crippen molar-refractivity contribution in [3.05, 3.63) is 82.1 Å². The van der Waals surface area contributed by atoms with Crippen molar-refractivity contribution < 1.29 is 27.1 Å². The van der Waals surface area contributed by atoms with Crippen molar-refractivity contribution in [3.8, 4) is 17.0 Å². The molecule has 1 fully saturated rings. The van der Waals surface area contributed by atoms with Gasteiger partial charge >= 0.3 is 0 Å². The molecule has 4 aromatic rings. The van der Waals surface area contributed by atoms with Crippen LogP contribution in [0, 0.1) is 23.3 Å². The van der Waals surface area contributed by atoms with Gasteiger partial charge in [-0.3, -0.25) is 9.69 Å². The number of carbonyl (C=O) groups is 1. The Morgan fingerprint density at radius 1 is 1.11 bits per heavy atom. The number of amides is 1. The highest BCUT2D eigenvalue weighted by Crippen LogP contribution is 2.30. The van der Waals surface area contributed by atoms with E-state index in [2.05, 4.69) is 10.1 Å². The molecule has 0 radical (unpaired) electrons. The zero-order chi connectivity index (χ0) is 27.1. The third-order valence-electron chi connectivity index (χ3n) is 6.57. The second-order valence-corrected chi connectivity index (χ2v) is 9.39. The van der Waals surface area contributed by atoms with Crippen LogP contribution in [0.1, 0.15) is 22.8 Å². The molecule has 5 rings (SSSR count). The quantitative estimate of drug-likeness (QED) is 0.201. The zero-order valence-electron chi connectivity index (χ0n) is 20.4. The summed E-state index contributed by atoms with van der Waals surface area (Å²) in [5.41, 5.74) is 0.542. The zero-order valence-corrected chi connectivity index (χ0v) is 21.1. The number of carbonyl (C=O) groups excluding carboxylic acids is 1. The van der Waals surface area contributed by atoms with Gasteiger partial charge in [-0.1, -0.05) is 11.6 Å². The number of halogens is 5. The molecule has 1 amide bonds. The van der Waals surface area contributed by atoms with Gasteiger partial charge in [0.1, 0.15) is 22.8 Å². The highest BCUT2D eigenvalue weighted by molar-refractivity contribution is 6.30. The summed E-state index contributed by atoms with van der Waals surface area (Å²) in [6, 6.07) is 7.71.